The van der Waals surface area contributed by atoms with Crippen LogP contribution in [-0.4, -0.2) is 12.3 Å². The van der Waals surface area contributed by atoms with E-state index in [0.29, 0.717) is 0 Å². The summed E-state index contributed by atoms with van der Waals surface area (Å²) in [6, 6.07) is 16.1. The number of ether oxygens (including phenoxy) is 1. The van der Waals surface area contributed by atoms with E-state index in [4.69, 9.17) is 16.3 Å². The van der Waals surface area contributed by atoms with Gasteiger partial charge in [-0.15, -0.1) is 0 Å². The minimum Gasteiger partial charge on any atom is -0.473 e. The first-order valence-electron chi connectivity index (χ1n) is 7.52. The van der Waals surface area contributed by atoms with Crippen LogP contribution in [0.4, 0.5) is 0 Å². The predicted octanol–water partition coefficient (Wildman–Crippen LogP) is 5.61. The van der Waals surface area contributed by atoms with Crippen LogP contribution < -0.4 is 10.1 Å². The van der Waals surface area contributed by atoms with Crippen molar-refractivity contribution in [3.63, 3.8) is 0 Å². The van der Waals surface area contributed by atoms with Crippen LogP contribution in [0.2, 0.25) is 5.02 Å². The molecule has 0 saturated heterocycles. The highest BCUT2D eigenvalue weighted by molar-refractivity contribution is 7.99. The van der Waals surface area contributed by atoms with Crippen LogP contribution in [0.25, 0.3) is 0 Å². The van der Waals surface area contributed by atoms with Crippen molar-refractivity contribution in [1.82, 2.24) is 5.32 Å². The van der Waals surface area contributed by atoms with Crippen molar-refractivity contribution in [2.45, 2.75) is 42.7 Å². The lowest BCUT2D eigenvalue weighted by molar-refractivity contribution is 0.0497. The third kappa shape index (κ3) is 4.94. The molecule has 0 fully saturated rings. The van der Waals surface area contributed by atoms with E-state index in [0.717, 1.165) is 23.7 Å². The van der Waals surface area contributed by atoms with Gasteiger partial charge in [0, 0.05) is 14.8 Å². The maximum Gasteiger partial charge on any atom is 0.157 e. The highest BCUT2D eigenvalue weighted by Gasteiger charge is 2.22. The van der Waals surface area contributed by atoms with Crippen molar-refractivity contribution in [2.24, 2.45) is 0 Å². The van der Waals surface area contributed by atoms with Crippen molar-refractivity contribution < 1.29 is 4.74 Å². The van der Waals surface area contributed by atoms with E-state index in [1.807, 2.05) is 36.4 Å². The molecule has 22 heavy (non-hydrogen) atoms. The molecule has 2 nitrogen and oxygen atoms in total. The van der Waals surface area contributed by atoms with E-state index < -0.39 is 0 Å². The molecule has 0 spiro atoms. The average molecular weight is 336 g/mol. The van der Waals surface area contributed by atoms with Crippen LogP contribution in [0.5, 0.6) is 5.75 Å². The summed E-state index contributed by atoms with van der Waals surface area (Å²) in [5.41, 5.74) is -0.320. The molecular formula is C18H22ClNOS. The first-order chi connectivity index (χ1) is 10.5. The molecule has 1 unspecified atom stereocenters. The molecule has 2 rings (SSSR count). The molecule has 0 aliphatic rings. The molecule has 118 valence electrons. The maximum absolute atomic E-state index is 6.07. The Balaban J connectivity index is 2.02. The Kier molecular flexibility index (Phi) is 6.18. The maximum atomic E-state index is 6.07. The van der Waals surface area contributed by atoms with E-state index in [1.165, 1.54) is 9.79 Å². The molecule has 0 saturated carbocycles. The van der Waals surface area contributed by atoms with Crippen LogP contribution in [0.15, 0.2) is 58.3 Å². The van der Waals surface area contributed by atoms with Gasteiger partial charge in [0.1, 0.15) is 5.75 Å². The zero-order valence-electron chi connectivity index (χ0n) is 13.2. The monoisotopic (exact) mass is 335 g/mol. The summed E-state index contributed by atoms with van der Waals surface area (Å²) in [4.78, 5) is 2.35. The number of benzene rings is 2. The SMILES string of the molecule is CCNC(C)(CC)Oc1ccc(Sc2ccc(Cl)cc2)cc1. The first kappa shape index (κ1) is 17.2. The Morgan fingerprint density at radius 2 is 1.55 bits per heavy atom. The fraction of sp³-hybridized carbons (Fsp3) is 0.333. The van der Waals surface area contributed by atoms with Gasteiger partial charge in [0.2, 0.25) is 0 Å². The molecule has 0 amide bonds. The lowest BCUT2D eigenvalue weighted by Gasteiger charge is -2.30. The summed E-state index contributed by atoms with van der Waals surface area (Å²) < 4.78 is 6.07. The van der Waals surface area contributed by atoms with Gasteiger partial charge in [0.15, 0.2) is 5.72 Å². The Bertz CT molecular complexity index is 585. The van der Waals surface area contributed by atoms with Crippen molar-refractivity contribution in [1.29, 1.82) is 0 Å². The molecule has 4 heteroatoms. The molecule has 0 bridgehead atoms. The molecule has 0 aromatic heterocycles. The Hall–Kier alpha value is -1.16. The summed E-state index contributed by atoms with van der Waals surface area (Å²) in [5.74, 6) is 0.880. The topological polar surface area (TPSA) is 21.3 Å². The average Bonchev–Trinajstić information content (AvgIpc) is 2.52. The van der Waals surface area contributed by atoms with Crippen LogP contribution in [0.1, 0.15) is 27.2 Å². The van der Waals surface area contributed by atoms with Gasteiger partial charge in [-0.05, 0) is 68.4 Å². The second kappa shape index (κ2) is 7.91. The van der Waals surface area contributed by atoms with Gasteiger partial charge in [-0.3, -0.25) is 5.32 Å². The number of hydrogen-bond acceptors (Lipinski definition) is 3. The van der Waals surface area contributed by atoms with Crippen molar-refractivity contribution in [3.05, 3.63) is 53.6 Å². The van der Waals surface area contributed by atoms with Gasteiger partial charge in [0.25, 0.3) is 0 Å². The number of hydrogen-bond donors (Lipinski definition) is 1. The summed E-state index contributed by atoms with van der Waals surface area (Å²) >= 11 is 7.61. The van der Waals surface area contributed by atoms with E-state index in [-0.39, 0.29) is 5.72 Å². The molecule has 1 atom stereocenters. The quantitative estimate of drug-likeness (QED) is 0.665. The summed E-state index contributed by atoms with van der Waals surface area (Å²) in [7, 11) is 0. The normalized spacial score (nSPS) is 13.6. The molecule has 0 heterocycles. The van der Waals surface area contributed by atoms with Gasteiger partial charge < -0.3 is 4.74 Å². The second-order valence-corrected chi connectivity index (χ2v) is 6.83. The molecule has 2 aromatic carbocycles. The predicted molar refractivity (Wildman–Crippen MR) is 95.0 cm³/mol. The van der Waals surface area contributed by atoms with Gasteiger partial charge >= 0.3 is 0 Å². The van der Waals surface area contributed by atoms with Crippen LogP contribution in [-0.2, 0) is 0 Å². The van der Waals surface area contributed by atoms with Crippen molar-refractivity contribution in [2.75, 3.05) is 6.54 Å². The molecule has 2 aromatic rings. The van der Waals surface area contributed by atoms with Crippen LogP contribution >= 0.6 is 23.4 Å². The lowest BCUT2D eigenvalue weighted by Crippen LogP contribution is -2.46. The largest absolute Gasteiger partial charge is 0.473 e. The standard InChI is InChI=1S/C18H22ClNOS/c1-4-18(3,20-5-2)21-15-8-12-17(13-9-15)22-16-10-6-14(19)7-11-16/h6-13,20H,4-5H2,1-3H3. The van der Waals surface area contributed by atoms with Gasteiger partial charge in [-0.25, -0.2) is 0 Å². The fourth-order valence-corrected chi connectivity index (χ4v) is 3.02. The molecule has 0 radical (unpaired) electrons. The molecule has 0 aliphatic heterocycles. The summed E-state index contributed by atoms with van der Waals surface area (Å²) in [5, 5.41) is 4.14. The fourth-order valence-electron chi connectivity index (χ4n) is 2.08. The summed E-state index contributed by atoms with van der Waals surface area (Å²) in [6.07, 6.45) is 0.905. The van der Waals surface area contributed by atoms with Crippen LogP contribution in [0, 0.1) is 0 Å². The Morgan fingerprint density at radius 1 is 1.00 bits per heavy atom. The molecule has 1 N–H and O–H groups in total. The summed E-state index contributed by atoms with van der Waals surface area (Å²) in [6.45, 7) is 7.16. The minimum absolute atomic E-state index is 0.320. The molecule has 0 aliphatic carbocycles. The van der Waals surface area contributed by atoms with E-state index >= 15 is 0 Å². The zero-order valence-corrected chi connectivity index (χ0v) is 14.8. The van der Waals surface area contributed by atoms with Gasteiger partial charge in [-0.1, -0.05) is 37.2 Å². The minimum atomic E-state index is -0.320. The van der Waals surface area contributed by atoms with E-state index in [2.05, 4.69) is 38.2 Å². The van der Waals surface area contributed by atoms with Crippen LogP contribution in [0.3, 0.4) is 0 Å². The lowest BCUT2D eigenvalue weighted by atomic mass is 10.2. The first-order valence-corrected chi connectivity index (χ1v) is 8.71. The molecular weight excluding hydrogens is 314 g/mol. The highest BCUT2D eigenvalue weighted by atomic mass is 35.5. The van der Waals surface area contributed by atoms with Crippen molar-refractivity contribution in [3.8, 4) is 5.75 Å². The number of rotatable bonds is 7. The zero-order chi connectivity index (χ0) is 16.0. The number of halogens is 1. The van der Waals surface area contributed by atoms with Gasteiger partial charge in [0.05, 0.1) is 0 Å². The Labute approximate surface area is 142 Å². The van der Waals surface area contributed by atoms with Crippen molar-refractivity contribution >= 4 is 23.4 Å². The number of nitrogens with one attached hydrogen (secondary N) is 1. The van der Waals surface area contributed by atoms with E-state index in [1.54, 1.807) is 11.8 Å². The highest BCUT2D eigenvalue weighted by Crippen LogP contribution is 2.30. The van der Waals surface area contributed by atoms with E-state index in [9.17, 15) is 0 Å². The second-order valence-electron chi connectivity index (χ2n) is 5.24. The smallest absolute Gasteiger partial charge is 0.157 e. The van der Waals surface area contributed by atoms with Gasteiger partial charge in [-0.2, -0.15) is 0 Å². The third-order valence-electron chi connectivity index (χ3n) is 3.44. The Morgan fingerprint density at radius 3 is 2.05 bits per heavy atom. The third-order valence-corrected chi connectivity index (χ3v) is 4.71.